The largest absolute Gasteiger partial charge is 0.399 e. The molecule has 1 atom stereocenters. The maximum atomic E-state index is 11.2. The highest BCUT2D eigenvalue weighted by molar-refractivity contribution is 7.80. The fourth-order valence-electron chi connectivity index (χ4n) is 1.96. The molecule has 0 aliphatic heterocycles. The fourth-order valence-corrected chi connectivity index (χ4v) is 2.51. The number of ether oxygens (including phenoxy) is 2. The van der Waals surface area contributed by atoms with Gasteiger partial charge in [0.05, 0.1) is 0 Å². The second-order valence-electron chi connectivity index (χ2n) is 5.66. The molecule has 150 valence electrons. The Hall–Kier alpha value is -0.980. The van der Waals surface area contributed by atoms with Crippen LogP contribution in [0.4, 0.5) is 0 Å². The standard InChI is InChI=1S/C14H32N4O6S/c1-3-5-10-22-12(23-11-6-4-2)14(17,24-25(19,20)21)8-7-9-18-13(15)16/h12H,3-11,17H2,1-2H3,(H4,15,16,18)(H,19,20,21)/t14-/m1/s1. The van der Waals surface area contributed by atoms with Crippen molar-refractivity contribution in [3.05, 3.63) is 0 Å². The number of rotatable bonds is 15. The van der Waals surface area contributed by atoms with Crippen molar-refractivity contribution in [2.75, 3.05) is 19.8 Å². The van der Waals surface area contributed by atoms with E-state index in [1.165, 1.54) is 0 Å². The van der Waals surface area contributed by atoms with Gasteiger partial charge in [-0.3, -0.25) is 15.3 Å². The number of hydrogen-bond acceptors (Lipinski definition) is 7. The van der Waals surface area contributed by atoms with Crippen LogP contribution in [0.2, 0.25) is 0 Å². The van der Waals surface area contributed by atoms with Crippen LogP contribution in [-0.2, 0) is 24.1 Å². The molecule has 0 spiro atoms. The molecule has 0 amide bonds. The first kappa shape index (κ1) is 24.0. The molecule has 11 heteroatoms. The Morgan fingerprint density at radius 1 is 1.12 bits per heavy atom. The topological polar surface area (TPSA) is 172 Å². The lowest BCUT2D eigenvalue weighted by Gasteiger charge is -2.35. The molecule has 0 heterocycles. The van der Waals surface area contributed by atoms with Crippen molar-refractivity contribution >= 4 is 16.4 Å². The Bertz CT molecular complexity index is 474. The maximum absolute atomic E-state index is 11.2. The van der Waals surface area contributed by atoms with Crippen LogP contribution in [0.5, 0.6) is 0 Å². The van der Waals surface area contributed by atoms with Crippen molar-refractivity contribution in [1.29, 1.82) is 0 Å². The predicted molar refractivity (Wildman–Crippen MR) is 95.0 cm³/mol. The first-order valence-electron chi connectivity index (χ1n) is 8.40. The summed E-state index contributed by atoms with van der Waals surface area (Å²) in [4.78, 5) is 3.80. The number of unbranched alkanes of at least 4 members (excludes halogenated alkanes) is 2. The molecule has 0 radical (unpaired) electrons. The van der Waals surface area contributed by atoms with Gasteiger partial charge in [0.15, 0.2) is 11.7 Å². The summed E-state index contributed by atoms with van der Waals surface area (Å²) >= 11 is 0. The van der Waals surface area contributed by atoms with Crippen molar-refractivity contribution in [3.63, 3.8) is 0 Å². The van der Waals surface area contributed by atoms with Gasteiger partial charge in [-0.15, -0.1) is 0 Å². The van der Waals surface area contributed by atoms with Crippen LogP contribution >= 0.6 is 0 Å². The van der Waals surface area contributed by atoms with Crippen LogP contribution in [0.1, 0.15) is 52.4 Å². The Labute approximate surface area is 150 Å². The van der Waals surface area contributed by atoms with Crippen molar-refractivity contribution in [2.45, 2.75) is 64.4 Å². The molecule has 0 unspecified atom stereocenters. The van der Waals surface area contributed by atoms with Gasteiger partial charge in [-0.05, 0) is 25.7 Å². The van der Waals surface area contributed by atoms with Crippen LogP contribution in [0.25, 0.3) is 0 Å². The van der Waals surface area contributed by atoms with Gasteiger partial charge in [0.1, 0.15) is 0 Å². The zero-order valence-corrected chi connectivity index (χ0v) is 15.8. The zero-order chi connectivity index (χ0) is 19.3. The van der Waals surface area contributed by atoms with Crippen molar-refractivity contribution in [3.8, 4) is 0 Å². The zero-order valence-electron chi connectivity index (χ0n) is 15.0. The molecular formula is C14H32N4O6S. The molecule has 0 rings (SSSR count). The number of nitrogens with two attached hydrogens (primary N) is 3. The van der Waals surface area contributed by atoms with E-state index < -0.39 is 22.4 Å². The molecule has 25 heavy (non-hydrogen) atoms. The summed E-state index contributed by atoms with van der Waals surface area (Å²) in [5, 5.41) is 0. The Morgan fingerprint density at radius 3 is 2.04 bits per heavy atom. The highest BCUT2D eigenvalue weighted by Crippen LogP contribution is 2.23. The SMILES string of the molecule is CCCCOC(OCCCC)[C@@](N)(CCCN=C(N)N)OS(=O)(=O)O. The third kappa shape index (κ3) is 12.1. The van der Waals surface area contributed by atoms with Gasteiger partial charge < -0.3 is 20.9 Å². The highest BCUT2D eigenvalue weighted by Gasteiger charge is 2.41. The molecule has 0 aromatic rings. The maximum Gasteiger partial charge on any atom is 0.399 e. The van der Waals surface area contributed by atoms with E-state index in [-0.39, 0.29) is 18.9 Å². The van der Waals surface area contributed by atoms with Crippen LogP contribution in [0.15, 0.2) is 4.99 Å². The van der Waals surface area contributed by atoms with Crippen molar-refractivity contribution in [2.24, 2.45) is 22.2 Å². The van der Waals surface area contributed by atoms with Gasteiger partial charge in [0, 0.05) is 19.8 Å². The van der Waals surface area contributed by atoms with Crippen molar-refractivity contribution < 1.29 is 26.6 Å². The first-order chi connectivity index (χ1) is 11.6. The molecule has 0 fully saturated rings. The highest BCUT2D eigenvalue weighted by atomic mass is 32.3. The molecule has 0 saturated heterocycles. The summed E-state index contributed by atoms with van der Waals surface area (Å²) in [5.74, 6) is -0.0896. The van der Waals surface area contributed by atoms with Gasteiger partial charge >= 0.3 is 10.4 Å². The number of guanidine groups is 1. The summed E-state index contributed by atoms with van der Waals surface area (Å²) < 4.78 is 47.4. The Kier molecular flexibility index (Phi) is 11.9. The van der Waals surface area contributed by atoms with E-state index in [1.807, 2.05) is 13.8 Å². The van der Waals surface area contributed by atoms with Crippen LogP contribution in [0.3, 0.4) is 0 Å². The molecular weight excluding hydrogens is 352 g/mol. The van der Waals surface area contributed by atoms with E-state index in [9.17, 15) is 8.42 Å². The van der Waals surface area contributed by atoms with Gasteiger partial charge in [0.25, 0.3) is 0 Å². The van der Waals surface area contributed by atoms with Gasteiger partial charge in [-0.1, -0.05) is 26.7 Å². The summed E-state index contributed by atoms with van der Waals surface area (Å²) in [6.45, 7) is 4.81. The second kappa shape index (κ2) is 12.4. The normalized spacial score (nSPS) is 14.4. The van der Waals surface area contributed by atoms with E-state index in [0.29, 0.717) is 19.6 Å². The Morgan fingerprint density at radius 2 is 1.64 bits per heavy atom. The second-order valence-corrected chi connectivity index (χ2v) is 6.68. The Balaban J connectivity index is 5.14. The lowest BCUT2D eigenvalue weighted by Crippen LogP contribution is -2.56. The molecule has 0 bridgehead atoms. The summed E-state index contributed by atoms with van der Waals surface area (Å²) in [7, 11) is -4.81. The molecule has 0 aromatic heterocycles. The first-order valence-corrected chi connectivity index (χ1v) is 9.76. The molecule has 0 saturated carbocycles. The smallest absolute Gasteiger partial charge is 0.370 e. The van der Waals surface area contributed by atoms with Gasteiger partial charge in [-0.25, -0.2) is 4.18 Å². The minimum absolute atomic E-state index is 0.00745. The quantitative estimate of drug-likeness (QED) is 0.103. The van der Waals surface area contributed by atoms with E-state index in [1.54, 1.807) is 0 Å². The van der Waals surface area contributed by atoms with Crippen LogP contribution in [0, 0.1) is 0 Å². The minimum atomic E-state index is -4.81. The lowest BCUT2D eigenvalue weighted by atomic mass is 10.1. The van der Waals surface area contributed by atoms with Crippen LogP contribution < -0.4 is 17.2 Å². The molecule has 0 aliphatic rings. The van der Waals surface area contributed by atoms with E-state index in [2.05, 4.69) is 4.99 Å². The van der Waals surface area contributed by atoms with Crippen LogP contribution in [-0.4, -0.2) is 50.7 Å². The molecule has 10 nitrogen and oxygen atoms in total. The predicted octanol–water partition coefficient (Wildman–Crippen LogP) is 0.474. The average molecular weight is 384 g/mol. The number of nitrogens with zero attached hydrogens (tertiary/aromatic N) is 1. The van der Waals surface area contributed by atoms with E-state index in [0.717, 1.165) is 25.7 Å². The molecule has 0 aromatic carbocycles. The fraction of sp³-hybridized carbons (Fsp3) is 0.929. The van der Waals surface area contributed by atoms with E-state index >= 15 is 0 Å². The third-order valence-corrected chi connectivity index (χ3v) is 3.73. The van der Waals surface area contributed by atoms with Gasteiger partial charge in [-0.2, -0.15) is 8.42 Å². The van der Waals surface area contributed by atoms with Gasteiger partial charge in [0.2, 0.25) is 6.29 Å². The third-order valence-electron chi connectivity index (χ3n) is 3.21. The number of hydrogen-bond donors (Lipinski definition) is 4. The van der Waals surface area contributed by atoms with Crippen molar-refractivity contribution in [1.82, 2.24) is 0 Å². The monoisotopic (exact) mass is 384 g/mol. The summed E-state index contributed by atoms with van der Waals surface area (Å²) in [6, 6.07) is 0. The number of aliphatic imine (C=N–C) groups is 1. The average Bonchev–Trinajstić information content (AvgIpc) is 2.48. The molecule has 0 aliphatic carbocycles. The summed E-state index contributed by atoms with van der Waals surface area (Å²) in [5.41, 5.74) is 14.7. The van der Waals surface area contributed by atoms with E-state index in [4.69, 9.17) is 35.4 Å². The summed E-state index contributed by atoms with van der Waals surface area (Å²) in [6.07, 6.45) is 2.37. The minimum Gasteiger partial charge on any atom is -0.370 e. The molecule has 7 N–H and O–H groups in total. The lowest BCUT2D eigenvalue weighted by molar-refractivity contribution is -0.230.